The Bertz CT molecular complexity index is 481. The second-order valence-electron chi connectivity index (χ2n) is 4.99. The molecule has 1 N–H and O–H groups in total. The lowest BCUT2D eigenvalue weighted by Crippen LogP contribution is -2.33. The van der Waals surface area contributed by atoms with E-state index >= 15 is 0 Å². The first-order chi connectivity index (χ1) is 9.45. The zero-order valence-corrected chi connectivity index (χ0v) is 12.6. The quantitative estimate of drug-likeness (QED) is 0.778. The number of carboxylic acid groups (broad SMARTS) is 1. The van der Waals surface area contributed by atoms with Gasteiger partial charge in [-0.3, -0.25) is 0 Å². The maximum Gasteiger partial charge on any atom is 0.328 e. The van der Waals surface area contributed by atoms with Crippen LogP contribution < -0.4 is 4.90 Å². The van der Waals surface area contributed by atoms with E-state index in [1.165, 1.54) is 0 Å². The molecule has 4 heteroatoms. The summed E-state index contributed by atoms with van der Waals surface area (Å²) in [5.41, 5.74) is 3.11. The van der Waals surface area contributed by atoms with Crippen molar-refractivity contribution in [2.75, 3.05) is 25.2 Å². The Hall–Kier alpha value is -1.81. The van der Waals surface area contributed by atoms with E-state index in [-0.39, 0.29) is 0 Å². The third kappa shape index (κ3) is 4.70. The average molecular weight is 277 g/mol. The van der Waals surface area contributed by atoms with Crippen molar-refractivity contribution in [3.63, 3.8) is 0 Å². The number of ether oxygens (including phenoxy) is 1. The Kier molecular flexibility index (Phi) is 6.25. The SMILES string of the molecule is COCCN(c1ccc(/C=C/C(=O)O)c(C)c1)C(C)C. The second kappa shape index (κ2) is 7.70. The minimum atomic E-state index is -0.933. The van der Waals surface area contributed by atoms with Crippen LogP contribution in [0.2, 0.25) is 0 Å². The van der Waals surface area contributed by atoms with Gasteiger partial charge in [0.2, 0.25) is 0 Å². The standard InChI is InChI=1S/C16H23NO3/c1-12(2)17(9-10-20-4)15-7-5-14(13(3)11-15)6-8-16(18)19/h5-8,11-12H,9-10H2,1-4H3,(H,18,19)/b8-6+. The van der Waals surface area contributed by atoms with Gasteiger partial charge in [0.05, 0.1) is 6.61 Å². The molecule has 0 saturated carbocycles. The molecule has 1 rings (SSSR count). The first-order valence-electron chi connectivity index (χ1n) is 6.73. The lowest BCUT2D eigenvalue weighted by atomic mass is 10.1. The molecule has 0 atom stereocenters. The molecule has 4 nitrogen and oxygen atoms in total. The predicted molar refractivity (Wildman–Crippen MR) is 82.2 cm³/mol. The number of anilines is 1. The van der Waals surface area contributed by atoms with Crippen LogP contribution in [0.25, 0.3) is 6.08 Å². The van der Waals surface area contributed by atoms with Crippen molar-refractivity contribution >= 4 is 17.7 Å². The fraction of sp³-hybridized carbons (Fsp3) is 0.438. The number of benzene rings is 1. The van der Waals surface area contributed by atoms with Crippen molar-refractivity contribution in [1.82, 2.24) is 0 Å². The van der Waals surface area contributed by atoms with Crippen LogP contribution in [-0.2, 0) is 9.53 Å². The van der Waals surface area contributed by atoms with Crippen molar-refractivity contribution < 1.29 is 14.6 Å². The molecule has 0 unspecified atom stereocenters. The number of aliphatic carboxylic acids is 1. The van der Waals surface area contributed by atoms with Gasteiger partial charge in [-0.05, 0) is 50.1 Å². The number of nitrogens with zero attached hydrogens (tertiary/aromatic N) is 1. The first kappa shape index (κ1) is 16.2. The van der Waals surface area contributed by atoms with Crippen molar-refractivity contribution in [2.24, 2.45) is 0 Å². The fourth-order valence-corrected chi connectivity index (χ4v) is 2.06. The monoisotopic (exact) mass is 277 g/mol. The van der Waals surface area contributed by atoms with E-state index in [0.29, 0.717) is 12.6 Å². The molecule has 0 saturated heterocycles. The van der Waals surface area contributed by atoms with E-state index in [1.54, 1.807) is 13.2 Å². The van der Waals surface area contributed by atoms with E-state index in [1.807, 2.05) is 19.1 Å². The highest BCUT2D eigenvalue weighted by Gasteiger charge is 2.11. The van der Waals surface area contributed by atoms with Crippen molar-refractivity contribution in [2.45, 2.75) is 26.8 Å². The summed E-state index contributed by atoms with van der Waals surface area (Å²) < 4.78 is 5.14. The van der Waals surface area contributed by atoms with E-state index in [2.05, 4.69) is 24.8 Å². The number of methoxy groups -OCH3 is 1. The third-order valence-electron chi connectivity index (χ3n) is 3.15. The van der Waals surface area contributed by atoms with Gasteiger partial charge in [0.25, 0.3) is 0 Å². The molecule has 0 aliphatic heterocycles. The minimum Gasteiger partial charge on any atom is -0.478 e. The van der Waals surface area contributed by atoms with Crippen LogP contribution in [0.1, 0.15) is 25.0 Å². The Morgan fingerprint density at radius 1 is 1.45 bits per heavy atom. The summed E-state index contributed by atoms with van der Waals surface area (Å²) in [5, 5.41) is 8.67. The Balaban J connectivity index is 2.96. The lowest BCUT2D eigenvalue weighted by Gasteiger charge is -2.29. The predicted octanol–water partition coefficient (Wildman–Crippen LogP) is 2.95. The molecule has 110 valence electrons. The van der Waals surface area contributed by atoms with Gasteiger partial charge in [0.15, 0.2) is 0 Å². The summed E-state index contributed by atoms with van der Waals surface area (Å²) in [6.07, 6.45) is 2.78. The molecule has 0 fully saturated rings. The summed E-state index contributed by atoms with van der Waals surface area (Å²) in [6.45, 7) is 7.78. The number of aryl methyl sites for hydroxylation is 1. The number of carbonyl (C=O) groups is 1. The normalized spacial score (nSPS) is 11.2. The molecule has 1 aromatic rings. The first-order valence-corrected chi connectivity index (χ1v) is 6.73. The van der Waals surface area contributed by atoms with E-state index in [9.17, 15) is 4.79 Å². The molecule has 0 amide bonds. The second-order valence-corrected chi connectivity index (χ2v) is 4.99. The molecule has 0 aromatic heterocycles. The van der Waals surface area contributed by atoms with Gasteiger partial charge >= 0.3 is 5.97 Å². The van der Waals surface area contributed by atoms with Crippen molar-refractivity contribution in [3.05, 3.63) is 35.4 Å². The van der Waals surface area contributed by atoms with Crippen LogP contribution in [0.3, 0.4) is 0 Å². The van der Waals surface area contributed by atoms with Crippen LogP contribution in [0.4, 0.5) is 5.69 Å². The molecule has 0 heterocycles. The van der Waals surface area contributed by atoms with E-state index < -0.39 is 5.97 Å². The summed E-state index contributed by atoms with van der Waals surface area (Å²) >= 11 is 0. The minimum absolute atomic E-state index is 0.380. The summed E-state index contributed by atoms with van der Waals surface area (Å²) in [7, 11) is 1.70. The van der Waals surface area contributed by atoms with Gasteiger partial charge in [-0.1, -0.05) is 6.07 Å². The molecule has 0 bridgehead atoms. The number of hydrogen-bond donors (Lipinski definition) is 1. The van der Waals surface area contributed by atoms with Gasteiger partial charge in [-0.2, -0.15) is 0 Å². The molecular weight excluding hydrogens is 254 g/mol. The smallest absolute Gasteiger partial charge is 0.328 e. The highest BCUT2D eigenvalue weighted by Crippen LogP contribution is 2.22. The number of carboxylic acids is 1. The fourth-order valence-electron chi connectivity index (χ4n) is 2.06. The molecule has 0 spiro atoms. The average Bonchev–Trinajstić information content (AvgIpc) is 2.37. The highest BCUT2D eigenvalue weighted by molar-refractivity contribution is 5.85. The van der Waals surface area contributed by atoms with Gasteiger partial charge in [-0.15, -0.1) is 0 Å². The Morgan fingerprint density at radius 2 is 2.15 bits per heavy atom. The van der Waals surface area contributed by atoms with Crippen molar-refractivity contribution in [1.29, 1.82) is 0 Å². The Labute approximate surface area is 120 Å². The number of rotatable bonds is 7. The van der Waals surface area contributed by atoms with Gasteiger partial charge in [-0.25, -0.2) is 4.79 Å². The largest absolute Gasteiger partial charge is 0.478 e. The molecule has 20 heavy (non-hydrogen) atoms. The number of hydrogen-bond acceptors (Lipinski definition) is 3. The molecule has 0 aliphatic rings. The maximum atomic E-state index is 10.6. The van der Waals surface area contributed by atoms with Crippen LogP contribution >= 0.6 is 0 Å². The Morgan fingerprint density at radius 3 is 2.65 bits per heavy atom. The van der Waals surface area contributed by atoms with E-state index in [4.69, 9.17) is 9.84 Å². The van der Waals surface area contributed by atoms with Crippen LogP contribution in [-0.4, -0.2) is 37.4 Å². The third-order valence-corrected chi connectivity index (χ3v) is 3.15. The van der Waals surface area contributed by atoms with E-state index in [0.717, 1.165) is 29.4 Å². The molecule has 0 radical (unpaired) electrons. The van der Waals surface area contributed by atoms with Gasteiger partial charge < -0.3 is 14.7 Å². The van der Waals surface area contributed by atoms with Crippen LogP contribution in [0.5, 0.6) is 0 Å². The molecule has 1 aromatic carbocycles. The summed E-state index contributed by atoms with van der Waals surface area (Å²) in [4.78, 5) is 12.8. The van der Waals surface area contributed by atoms with Gasteiger partial charge in [0.1, 0.15) is 0 Å². The zero-order chi connectivity index (χ0) is 15.1. The lowest BCUT2D eigenvalue weighted by molar-refractivity contribution is -0.131. The van der Waals surface area contributed by atoms with Gasteiger partial charge in [0, 0.05) is 31.5 Å². The van der Waals surface area contributed by atoms with Crippen LogP contribution in [0, 0.1) is 6.92 Å². The summed E-state index contributed by atoms with van der Waals surface area (Å²) in [5.74, 6) is -0.933. The summed E-state index contributed by atoms with van der Waals surface area (Å²) in [6, 6.07) is 6.43. The highest BCUT2D eigenvalue weighted by atomic mass is 16.5. The van der Waals surface area contributed by atoms with Crippen LogP contribution in [0.15, 0.2) is 24.3 Å². The topological polar surface area (TPSA) is 49.8 Å². The molecule has 0 aliphatic carbocycles. The zero-order valence-electron chi connectivity index (χ0n) is 12.6. The maximum absolute atomic E-state index is 10.6. The van der Waals surface area contributed by atoms with Crippen molar-refractivity contribution in [3.8, 4) is 0 Å². The molecular formula is C16H23NO3.